The molecule has 3 aliphatic rings. The molecule has 2 amide bonds. The van der Waals surface area contributed by atoms with Gasteiger partial charge in [-0.05, 0) is 57.5 Å². The molecule has 1 heterocycles. The van der Waals surface area contributed by atoms with Gasteiger partial charge in [0, 0.05) is 35.5 Å². The van der Waals surface area contributed by atoms with Gasteiger partial charge in [0.2, 0.25) is 0 Å². The summed E-state index contributed by atoms with van der Waals surface area (Å²) in [5.74, 6) is -5.57. The number of nitrogens with zero attached hydrogens (tertiary/aromatic N) is 2. The number of allylic oxidation sites excluding steroid dienone is 2. The summed E-state index contributed by atoms with van der Waals surface area (Å²) in [7, 11) is 5.92. The lowest BCUT2D eigenvalue weighted by molar-refractivity contribution is -0.121. The molecule has 10 nitrogen and oxygen atoms in total. The fourth-order valence-electron chi connectivity index (χ4n) is 6.60. The van der Waals surface area contributed by atoms with Gasteiger partial charge in [-0.3, -0.25) is 24.3 Å². The van der Waals surface area contributed by atoms with Crippen LogP contribution in [-0.2, 0) is 16.0 Å². The highest BCUT2D eigenvalue weighted by atomic mass is 31.0. The Hall–Kier alpha value is -4.08. The lowest BCUT2D eigenvalue weighted by atomic mass is 9.57. The van der Waals surface area contributed by atoms with E-state index in [1.807, 2.05) is 0 Å². The van der Waals surface area contributed by atoms with Crippen molar-refractivity contribution >= 4 is 38.3 Å². The first-order valence-electron chi connectivity index (χ1n) is 12.9. The standard InChI is InChI=1S/C29H30FN4O6P/c1-4-15-21(27(31)39)25(37)22(34(2)3)16-9-13-8-14-17(30)10-18(33-28(40)12-6-5-7-32-11-12)23(35)20(14)24(36)19(13)26(38)29(15,16)41/h4-7,10-11,13,16,22,35-37H,8-9,41H2,1-3H3,(H2,31,39)(H,33,40)/t13-,16-,22-,29-/m0/s1. The fraction of sp³-hybridized carbons (Fsp3) is 0.310. The molecular formula is C29H30FN4O6P. The first-order valence-corrected chi connectivity index (χ1v) is 13.5. The molecule has 0 bridgehead atoms. The van der Waals surface area contributed by atoms with Crippen molar-refractivity contribution in [1.82, 2.24) is 9.88 Å². The predicted octanol–water partition coefficient (Wildman–Crippen LogP) is 3.01. The molecule has 1 aromatic carbocycles. The van der Waals surface area contributed by atoms with Crippen LogP contribution >= 0.6 is 9.24 Å². The van der Waals surface area contributed by atoms with Crippen molar-refractivity contribution in [1.29, 1.82) is 0 Å². The number of likely N-dealkylation sites (N-methyl/N-ethyl adjacent to an activating group) is 1. The first-order chi connectivity index (χ1) is 19.3. The van der Waals surface area contributed by atoms with Gasteiger partial charge >= 0.3 is 0 Å². The number of carbonyl (C=O) groups is 3. The highest BCUT2D eigenvalue weighted by molar-refractivity contribution is 7.22. The second-order valence-corrected chi connectivity index (χ2v) is 11.7. The van der Waals surface area contributed by atoms with E-state index in [2.05, 4.69) is 19.5 Å². The predicted molar refractivity (Wildman–Crippen MR) is 153 cm³/mol. The number of aliphatic hydroxyl groups excluding tert-OH is 2. The van der Waals surface area contributed by atoms with Gasteiger partial charge < -0.3 is 26.4 Å². The molecule has 5 rings (SSSR count). The number of carbonyl (C=O) groups excluding carboxylic acids is 3. The number of hydrogen-bond donors (Lipinski definition) is 5. The summed E-state index contributed by atoms with van der Waals surface area (Å²) in [5.41, 5.74) is 5.26. The zero-order chi connectivity index (χ0) is 30.0. The van der Waals surface area contributed by atoms with Crippen molar-refractivity contribution in [3.63, 3.8) is 0 Å². The minimum Gasteiger partial charge on any atom is -0.510 e. The summed E-state index contributed by atoms with van der Waals surface area (Å²) in [6, 6.07) is 3.24. The highest BCUT2D eigenvalue weighted by Crippen LogP contribution is 2.58. The maximum Gasteiger partial charge on any atom is 0.257 e. The zero-order valence-electron chi connectivity index (χ0n) is 22.6. The normalized spacial score (nSPS) is 26.5. The van der Waals surface area contributed by atoms with Crippen LogP contribution in [0.2, 0.25) is 0 Å². The summed E-state index contributed by atoms with van der Waals surface area (Å²) in [6.45, 7) is 1.62. The van der Waals surface area contributed by atoms with Crippen LogP contribution in [0.1, 0.15) is 34.8 Å². The number of amides is 2. The fourth-order valence-corrected chi connectivity index (χ4v) is 7.39. The number of primary amides is 1. The van der Waals surface area contributed by atoms with Crippen molar-refractivity contribution in [3.05, 3.63) is 81.7 Å². The van der Waals surface area contributed by atoms with E-state index < -0.39 is 58.0 Å². The zero-order valence-corrected chi connectivity index (χ0v) is 23.8. The topological polar surface area (TPSA) is 166 Å². The number of nitrogens with two attached hydrogens (primary N) is 1. The van der Waals surface area contributed by atoms with E-state index in [1.165, 1.54) is 24.5 Å². The molecule has 1 unspecified atom stereocenters. The van der Waals surface area contributed by atoms with Crippen molar-refractivity contribution in [2.24, 2.45) is 17.6 Å². The van der Waals surface area contributed by atoms with Crippen LogP contribution in [0.25, 0.3) is 5.76 Å². The Bertz CT molecular complexity index is 1600. The molecule has 1 saturated carbocycles. The quantitative estimate of drug-likeness (QED) is 0.272. The minimum atomic E-state index is -1.46. The number of pyridine rings is 1. The molecule has 0 radical (unpaired) electrons. The number of fused-ring (bicyclic) bond motifs is 3. The van der Waals surface area contributed by atoms with Crippen molar-refractivity contribution < 1.29 is 34.1 Å². The molecular weight excluding hydrogens is 550 g/mol. The summed E-state index contributed by atoms with van der Waals surface area (Å²) < 4.78 is 15.5. The number of Topliss-reactive ketones (excluding diaryl/α,β-unsaturated/α-hetero) is 1. The lowest BCUT2D eigenvalue weighted by Gasteiger charge is -2.53. The van der Waals surface area contributed by atoms with E-state index in [1.54, 1.807) is 32.0 Å². The van der Waals surface area contributed by atoms with Crippen LogP contribution in [0, 0.1) is 17.7 Å². The molecule has 214 valence electrons. The maximum atomic E-state index is 15.5. The minimum absolute atomic E-state index is 0.00163. The molecule has 41 heavy (non-hydrogen) atoms. The average molecular weight is 581 g/mol. The average Bonchev–Trinajstić information content (AvgIpc) is 2.92. The second kappa shape index (κ2) is 10.1. The van der Waals surface area contributed by atoms with E-state index >= 15 is 4.39 Å². The van der Waals surface area contributed by atoms with E-state index in [-0.39, 0.29) is 57.7 Å². The number of anilines is 1. The van der Waals surface area contributed by atoms with Crippen molar-refractivity contribution in [2.75, 3.05) is 19.4 Å². The van der Waals surface area contributed by atoms with Crippen LogP contribution in [0.15, 0.2) is 59.1 Å². The van der Waals surface area contributed by atoms with Gasteiger partial charge in [0.25, 0.3) is 11.8 Å². The number of hydrogen-bond acceptors (Lipinski definition) is 8. The van der Waals surface area contributed by atoms with Gasteiger partial charge in [0.15, 0.2) is 11.5 Å². The van der Waals surface area contributed by atoms with E-state index in [0.29, 0.717) is 0 Å². The molecule has 6 N–H and O–H groups in total. The number of ketones is 1. The van der Waals surface area contributed by atoms with Crippen LogP contribution in [-0.4, -0.2) is 68.1 Å². The molecule has 0 saturated heterocycles. The van der Waals surface area contributed by atoms with Crippen LogP contribution in [0.4, 0.5) is 10.1 Å². The van der Waals surface area contributed by atoms with Gasteiger partial charge in [0.1, 0.15) is 17.3 Å². The number of aromatic nitrogens is 1. The number of phenolic OH excluding ortho intramolecular Hbond substituents is 1. The second-order valence-electron chi connectivity index (χ2n) is 10.7. The molecule has 5 atom stereocenters. The largest absolute Gasteiger partial charge is 0.510 e. The Morgan fingerprint density at radius 3 is 2.59 bits per heavy atom. The van der Waals surface area contributed by atoms with Gasteiger partial charge in [-0.25, -0.2) is 4.39 Å². The van der Waals surface area contributed by atoms with Crippen LogP contribution in [0.3, 0.4) is 0 Å². The number of aliphatic hydroxyl groups is 2. The summed E-state index contributed by atoms with van der Waals surface area (Å²) in [4.78, 5) is 45.1. The number of rotatable bonds is 4. The number of aromatic hydroxyl groups is 1. The Kier molecular flexibility index (Phi) is 6.99. The molecule has 0 spiro atoms. The Balaban J connectivity index is 1.66. The van der Waals surface area contributed by atoms with Gasteiger partial charge in [-0.15, -0.1) is 9.24 Å². The Morgan fingerprint density at radius 1 is 1.29 bits per heavy atom. The number of nitrogens with one attached hydrogen (secondary N) is 1. The van der Waals surface area contributed by atoms with Gasteiger partial charge in [0.05, 0.1) is 33.6 Å². The number of halogens is 1. The molecule has 12 heteroatoms. The Morgan fingerprint density at radius 2 is 2.00 bits per heavy atom. The SMILES string of the molecule is CC=C1C(C(N)=O)=C(O)[C@@H](N(C)C)[C@@H]2C[C@@H]3Cc4c(F)cc(NC(=O)c5cccnc5)c(O)c4C(O)=C3C(=O)[C@]12P. The van der Waals surface area contributed by atoms with Gasteiger partial charge in [-0.1, -0.05) is 6.08 Å². The summed E-state index contributed by atoms with van der Waals surface area (Å²) in [5, 5.41) is 34.8. The molecule has 2 aromatic rings. The van der Waals surface area contributed by atoms with Gasteiger partial charge in [-0.2, -0.15) is 0 Å². The molecule has 1 aromatic heterocycles. The number of benzene rings is 1. The smallest absolute Gasteiger partial charge is 0.257 e. The molecule has 1 fully saturated rings. The van der Waals surface area contributed by atoms with E-state index in [9.17, 15) is 29.7 Å². The first kappa shape index (κ1) is 28.4. The third-order valence-corrected chi connectivity index (χ3v) is 9.34. The lowest BCUT2D eigenvalue weighted by Crippen LogP contribution is -2.60. The highest BCUT2D eigenvalue weighted by Gasteiger charge is 2.60. The molecule has 3 aliphatic carbocycles. The number of phenols is 1. The maximum absolute atomic E-state index is 15.5. The monoisotopic (exact) mass is 580 g/mol. The Labute approximate surface area is 237 Å². The van der Waals surface area contributed by atoms with Crippen molar-refractivity contribution in [2.45, 2.75) is 31.0 Å². The van der Waals surface area contributed by atoms with E-state index in [4.69, 9.17) is 5.73 Å². The third-order valence-electron chi connectivity index (χ3n) is 8.34. The van der Waals surface area contributed by atoms with Crippen molar-refractivity contribution in [3.8, 4) is 5.75 Å². The summed E-state index contributed by atoms with van der Waals surface area (Å²) >= 11 is 0. The van der Waals surface area contributed by atoms with Crippen LogP contribution in [0.5, 0.6) is 5.75 Å². The van der Waals surface area contributed by atoms with E-state index in [0.717, 1.165) is 6.07 Å². The molecule has 0 aliphatic heterocycles. The summed E-state index contributed by atoms with van der Waals surface area (Å²) in [6.07, 6.45) is 4.54. The van der Waals surface area contributed by atoms with Crippen LogP contribution < -0.4 is 11.1 Å². The third kappa shape index (κ3) is 4.14.